The fourth-order valence-electron chi connectivity index (χ4n) is 5.83. The van der Waals surface area contributed by atoms with Crippen molar-refractivity contribution in [2.75, 3.05) is 13.7 Å². The molecular formula is C19H21NO4. The predicted octanol–water partition coefficient (Wildman–Crippen LogP) is 1.52. The van der Waals surface area contributed by atoms with Crippen LogP contribution in [0.25, 0.3) is 0 Å². The average Bonchev–Trinajstić information content (AvgIpc) is 3.27. The van der Waals surface area contributed by atoms with Crippen LogP contribution in [-0.2, 0) is 15.3 Å². The van der Waals surface area contributed by atoms with E-state index in [9.17, 15) is 9.90 Å². The summed E-state index contributed by atoms with van der Waals surface area (Å²) in [6.45, 7) is 4.27. The number of amides is 1. The van der Waals surface area contributed by atoms with Crippen molar-refractivity contribution in [1.82, 2.24) is 4.90 Å². The third kappa shape index (κ3) is 1.42. The quantitative estimate of drug-likeness (QED) is 0.852. The topological polar surface area (TPSA) is 59.0 Å². The summed E-state index contributed by atoms with van der Waals surface area (Å²) in [7, 11) is 1.64. The molecule has 2 saturated heterocycles. The molecule has 0 aromatic heterocycles. The second-order valence-electron chi connectivity index (χ2n) is 7.35. The summed E-state index contributed by atoms with van der Waals surface area (Å²) in [4.78, 5) is 14.9. The van der Waals surface area contributed by atoms with Gasteiger partial charge in [0.15, 0.2) is 5.72 Å². The van der Waals surface area contributed by atoms with Gasteiger partial charge in [0.25, 0.3) is 0 Å². The highest BCUT2D eigenvalue weighted by atomic mass is 16.6. The largest absolute Gasteiger partial charge is 0.497 e. The molecule has 4 aliphatic rings. The van der Waals surface area contributed by atoms with E-state index in [4.69, 9.17) is 9.47 Å². The van der Waals surface area contributed by atoms with E-state index in [2.05, 4.69) is 6.58 Å². The summed E-state index contributed by atoms with van der Waals surface area (Å²) in [6.07, 6.45) is 1.96. The average molecular weight is 327 g/mol. The first-order valence-electron chi connectivity index (χ1n) is 8.56. The van der Waals surface area contributed by atoms with E-state index in [0.29, 0.717) is 6.54 Å². The van der Waals surface area contributed by atoms with E-state index in [1.807, 2.05) is 29.2 Å². The Hall–Kier alpha value is -1.85. The van der Waals surface area contributed by atoms with Gasteiger partial charge in [-0.3, -0.25) is 4.79 Å². The fourth-order valence-corrected chi connectivity index (χ4v) is 5.83. The van der Waals surface area contributed by atoms with Gasteiger partial charge in [0, 0.05) is 18.0 Å². The van der Waals surface area contributed by atoms with E-state index < -0.39 is 11.8 Å². The van der Waals surface area contributed by atoms with E-state index in [1.54, 1.807) is 13.2 Å². The standard InChI is InChI=1S/C19H21NO4/c1-3-8-20-18(22)14-12-9-13-15(14)19(20,24-17(13)16(12)21)10-4-6-11(23-2)7-5-10/h3-7,12-17,21H,1,8-9H2,2H3. The Morgan fingerprint density at radius 3 is 2.83 bits per heavy atom. The molecule has 1 aromatic carbocycles. The van der Waals surface area contributed by atoms with Crippen molar-refractivity contribution in [2.45, 2.75) is 24.4 Å². The monoisotopic (exact) mass is 327 g/mol. The first-order valence-corrected chi connectivity index (χ1v) is 8.56. The van der Waals surface area contributed by atoms with Gasteiger partial charge in [0.2, 0.25) is 5.91 Å². The Bertz CT molecular complexity index is 717. The highest BCUT2D eigenvalue weighted by molar-refractivity contribution is 5.85. The second-order valence-corrected chi connectivity index (χ2v) is 7.35. The van der Waals surface area contributed by atoms with E-state index in [-0.39, 0.29) is 35.7 Å². The minimum absolute atomic E-state index is 0.0347. The zero-order valence-corrected chi connectivity index (χ0v) is 13.6. The molecule has 5 nitrogen and oxygen atoms in total. The van der Waals surface area contributed by atoms with Crippen molar-refractivity contribution in [3.8, 4) is 5.75 Å². The third-order valence-electron chi connectivity index (χ3n) is 6.59. The zero-order valence-electron chi connectivity index (χ0n) is 13.6. The molecule has 4 fully saturated rings. The van der Waals surface area contributed by atoms with E-state index in [1.165, 1.54) is 0 Å². The van der Waals surface area contributed by atoms with Crippen LogP contribution in [0, 0.1) is 23.7 Å². The summed E-state index contributed by atoms with van der Waals surface area (Å²) >= 11 is 0. The van der Waals surface area contributed by atoms with Gasteiger partial charge in [-0.15, -0.1) is 6.58 Å². The second kappa shape index (κ2) is 4.61. The number of hydrogen-bond donors (Lipinski definition) is 1. The van der Waals surface area contributed by atoms with Gasteiger partial charge in [-0.1, -0.05) is 18.2 Å². The number of nitrogens with zero attached hydrogens (tertiary/aromatic N) is 1. The lowest BCUT2D eigenvalue weighted by molar-refractivity contribution is -0.180. The molecular weight excluding hydrogens is 306 g/mol. The maximum absolute atomic E-state index is 13.1. The SMILES string of the molecule is C=CCN1C(=O)C2C3CC4C(OC1(c1ccc(OC)cc1)C42)C3O. The van der Waals surface area contributed by atoms with Crippen LogP contribution in [0.4, 0.5) is 0 Å². The van der Waals surface area contributed by atoms with Crippen LogP contribution < -0.4 is 4.74 Å². The van der Waals surface area contributed by atoms with Crippen LogP contribution in [-0.4, -0.2) is 41.8 Å². The number of carbonyl (C=O) groups excluding carboxylic acids is 1. The number of hydrogen-bond acceptors (Lipinski definition) is 4. The van der Waals surface area contributed by atoms with Crippen molar-refractivity contribution in [3.05, 3.63) is 42.5 Å². The molecule has 2 bridgehead atoms. The molecule has 2 aliphatic heterocycles. The molecule has 2 saturated carbocycles. The molecule has 7 atom stereocenters. The Morgan fingerprint density at radius 2 is 2.17 bits per heavy atom. The van der Waals surface area contributed by atoms with Gasteiger partial charge in [-0.05, 0) is 30.4 Å². The molecule has 2 heterocycles. The lowest BCUT2D eigenvalue weighted by atomic mass is 9.75. The number of rotatable bonds is 4. The number of likely N-dealkylation sites (tertiary alicyclic amines) is 1. The van der Waals surface area contributed by atoms with E-state index in [0.717, 1.165) is 17.7 Å². The summed E-state index contributed by atoms with van der Waals surface area (Å²) in [6, 6.07) is 7.77. The molecule has 5 rings (SSSR count). The molecule has 1 N–H and O–H groups in total. The van der Waals surface area contributed by atoms with Gasteiger partial charge in [0.05, 0.1) is 25.2 Å². The normalized spacial score (nSPS) is 44.4. The van der Waals surface area contributed by atoms with Gasteiger partial charge in [-0.25, -0.2) is 0 Å². The zero-order chi connectivity index (χ0) is 16.6. The molecule has 1 amide bonds. The summed E-state index contributed by atoms with van der Waals surface area (Å²) in [5, 5.41) is 10.6. The number of ether oxygens (including phenoxy) is 2. The van der Waals surface area contributed by atoms with Crippen molar-refractivity contribution < 1.29 is 19.4 Å². The third-order valence-corrected chi connectivity index (χ3v) is 6.59. The number of carbonyl (C=O) groups is 1. The summed E-state index contributed by atoms with van der Waals surface area (Å²) in [5.74, 6) is 1.16. The molecule has 126 valence electrons. The number of benzene rings is 1. The van der Waals surface area contributed by atoms with Gasteiger partial charge >= 0.3 is 0 Å². The summed E-state index contributed by atoms with van der Waals surface area (Å²) in [5.41, 5.74) is 0.192. The van der Waals surface area contributed by atoms with Crippen molar-refractivity contribution in [3.63, 3.8) is 0 Å². The number of fused-ring (bicyclic) bond motifs is 2. The highest BCUT2D eigenvalue weighted by Crippen LogP contribution is 2.70. The number of methoxy groups -OCH3 is 1. The van der Waals surface area contributed by atoms with Crippen molar-refractivity contribution >= 4 is 5.91 Å². The van der Waals surface area contributed by atoms with Gasteiger partial charge in [0.1, 0.15) is 5.75 Å². The van der Waals surface area contributed by atoms with Crippen LogP contribution in [0.5, 0.6) is 5.75 Å². The minimum atomic E-state index is -0.774. The van der Waals surface area contributed by atoms with Crippen LogP contribution in [0.3, 0.4) is 0 Å². The number of aliphatic hydroxyl groups excluding tert-OH is 1. The van der Waals surface area contributed by atoms with Gasteiger partial charge in [-0.2, -0.15) is 0 Å². The van der Waals surface area contributed by atoms with Crippen molar-refractivity contribution in [1.29, 1.82) is 0 Å². The molecule has 24 heavy (non-hydrogen) atoms. The molecule has 0 radical (unpaired) electrons. The first kappa shape index (κ1) is 14.5. The lowest BCUT2D eigenvalue weighted by Crippen LogP contribution is -2.48. The Kier molecular flexibility index (Phi) is 2.78. The van der Waals surface area contributed by atoms with Crippen LogP contribution in [0.1, 0.15) is 12.0 Å². The predicted molar refractivity (Wildman–Crippen MR) is 86.0 cm³/mol. The van der Waals surface area contributed by atoms with E-state index >= 15 is 0 Å². The van der Waals surface area contributed by atoms with Gasteiger partial charge < -0.3 is 19.5 Å². The maximum Gasteiger partial charge on any atom is 0.229 e. The lowest BCUT2D eigenvalue weighted by Gasteiger charge is -2.39. The highest BCUT2D eigenvalue weighted by Gasteiger charge is 2.78. The number of aliphatic hydroxyl groups is 1. The van der Waals surface area contributed by atoms with Crippen LogP contribution in [0.2, 0.25) is 0 Å². The molecule has 7 unspecified atom stereocenters. The molecule has 1 aromatic rings. The Balaban J connectivity index is 1.68. The van der Waals surface area contributed by atoms with Crippen LogP contribution >= 0.6 is 0 Å². The summed E-state index contributed by atoms with van der Waals surface area (Å²) < 4.78 is 11.8. The Labute approximate surface area is 140 Å². The maximum atomic E-state index is 13.1. The molecule has 2 aliphatic carbocycles. The van der Waals surface area contributed by atoms with Crippen LogP contribution in [0.15, 0.2) is 36.9 Å². The minimum Gasteiger partial charge on any atom is -0.497 e. The Morgan fingerprint density at radius 1 is 1.42 bits per heavy atom. The first-order chi connectivity index (χ1) is 11.6. The van der Waals surface area contributed by atoms with Crippen molar-refractivity contribution in [2.24, 2.45) is 23.7 Å². The molecule has 0 spiro atoms. The fraction of sp³-hybridized carbons (Fsp3) is 0.526. The smallest absolute Gasteiger partial charge is 0.229 e. The molecule has 5 heteroatoms.